The normalized spacial score (nSPS) is 14.1. The average Bonchev–Trinajstić information content (AvgIpc) is 3.05. The van der Waals surface area contributed by atoms with Gasteiger partial charge in [0.2, 0.25) is 0 Å². The fourth-order valence-electron chi connectivity index (χ4n) is 7.93. The molecule has 0 aromatic heterocycles. The Kier molecular flexibility index (Phi) is 13.4. The first-order valence-electron chi connectivity index (χ1n) is 22.4. The molecule has 4 aromatic rings. The van der Waals surface area contributed by atoms with Crippen molar-refractivity contribution in [1.82, 2.24) is 0 Å². The summed E-state index contributed by atoms with van der Waals surface area (Å²) in [6, 6.07) is 29.6. The molecule has 0 heterocycles. The second-order valence-electron chi connectivity index (χ2n) is 25.8. The molecule has 0 atom stereocenters. The molecule has 0 aliphatic carbocycles. The van der Waals surface area contributed by atoms with E-state index in [2.05, 4.69) is 239 Å². The third kappa shape index (κ3) is 11.4. The van der Waals surface area contributed by atoms with E-state index in [4.69, 9.17) is 4.12 Å². The second-order valence-corrected chi connectivity index (χ2v) is 30.1. The lowest BCUT2D eigenvalue weighted by molar-refractivity contribution is 0.562. The Hall–Kier alpha value is -2.73. The van der Waals surface area contributed by atoms with Crippen molar-refractivity contribution < 1.29 is 4.12 Å². The number of rotatable bonds is 6. The van der Waals surface area contributed by atoms with Gasteiger partial charge in [-0.1, -0.05) is 239 Å². The molecule has 0 unspecified atom stereocenters. The van der Waals surface area contributed by atoms with Crippen LogP contribution in [0, 0.1) is 0 Å². The minimum absolute atomic E-state index is 0.0268. The molecule has 0 saturated carbocycles. The minimum Gasteiger partial charge on any atom is -0.442 e. The van der Waals surface area contributed by atoms with Crippen molar-refractivity contribution in [2.75, 3.05) is 0 Å². The van der Waals surface area contributed by atoms with Gasteiger partial charge in [-0.25, -0.2) is 0 Å². The van der Waals surface area contributed by atoms with Gasteiger partial charge in [0.1, 0.15) is 0 Å². The van der Waals surface area contributed by atoms with Gasteiger partial charge < -0.3 is 4.12 Å². The summed E-state index contributed by atoms with van der Waals surface area (Å²) in [5, 5.41) is 5.50. The predicted molar refractivity (Wildman–Crippen MR) is 266 cm³/mol. The largest absolute Gasteiger partial charge is 0.442 e. The molecular weight excluding hydrogens is 745 g/mol. The average molecular weight is 829 g/mol. The fraction of sp³-hybridized carbons (Fsp3) is 0.571. The van der Waals surface area contributed by atoms with E-state index in [1.807, 2.05) is 0 Å². The van der Waals surface area contributed by atoms with Crippen LogP contribution in [0.25, 0.3) is 0 Å². The second kappa shape index (κ2) is 16.2. The zero-order valence-corrected chi connectivity index (χ0v) is 44.3. The van der Waals surface area contributed by atoms with E-state index < -0.39 is 18.1 Å². The summed E-state index contributed by atoms with van der Waals surface area (Å²) >= 11 is 0. The molecule has 0 bridgehead atoms. The van der Waals surface area contributed by atoms with Gasteiger partial charge >= 0.3 is 0 Å². The quantitative estimate of drug-likeness (QED) is 0.176. The molecular formula is C56H84OSi2. The third-order valence-corrected chi connectivity index (χ3v) is 17.3. The Labute approximate surface area is 368 Å². The van der Waals surface area contributed by atoms with Crippen molar-refractivity contribution in [2.24, 2.45) is 0 Å². The lowest BCUT2D eigenvalue weighted by Crippen LogP contribution is -2.60. The van der Waals surface area contributed by atoms with Gasteiger partial charge in [-0.05, 0) is 109 Å². The van der Waals surface area contributed by atoms with Gasteiger partial charge in [-0.15, -0.1) is 0 Å². The molecule has 59 heavy (non-hydrogen) atoms. The molecule has 0 spiro atoms. The summed E-state index contributed by atoms with van der Waals surface area (Å²) in [6.45, 7) is 56.8. The highest BCUT2D eigenvalue weighted by Crippen LogP contribution is 2.34. The number of hydrogen-bond acceptors (Lipinski definition) is 1. The molecule has 4 aromatic carbocycles. The summed E-state index contributed by atoms with van der Waals surface area (Å²) < 4.78 is 8.44. The summed E-state index contributed by atoms with van der Waals surface area (Å²) in [6.07, 6.45) is 0. The molecule has 322 valence electrons. The van der Waals surface area contributed by atoms with E-state index in [0.717, 1.165) is 0 Å². The van der Waals surface area contributed by atoms with Crippen molar-refractivity contribution in [3.05, 3.63) is 117 Å². The van der Waals surface area contributed by atoms with Gasteiger partial charge in [0.15, 0.2) is 0 Å². The van der Waals surface area contributed by atoms with Gasteiger partial charge in [0.05, 0.1) is 0 Å². The van der Waals surface area contributed by atoms with Crippen LogP contribution in [0.4, 0.5) is 0 Å². The maximum Gasteiger partial charge on any atom is 0.273 e. The molecule has 0 saturated heterocycles. The van der Waals surface area contributed by atoms with Gasteiger partial charge in [-0.3, -0.25) is 0 Å². The van der Waals surface area contributed by atoms with Crippen LogP contribution in [0.15, 0.2) is 72.8 Å². The maximum atomic E-state index is 8.44. The number of hydrogen-bond donors (Lipinski definition) is 0. The molecule has 1 nitrogen and oxygen atoms in total. The SMILES string of the molecule is CC(C)(C)c1ccc([Si](O[Si](c2ccc(C(C)(C)C)cc2C(C)(C)C)c2ccc(C(C)(C)C)cc2C(C)(C)C)c2ccc(C(C)(C)C)cc2C(C)(C)C)c(C(C)(C)C)c1. The Balaban J connectivity index is 2.30. The van der Waals surface area contributed by atoms with Crippen LogP contribution < -0.4 is 20.7 Å². The zero-order chi connectivity index (χ0) is 45.3. The van der Waals surface area contributed by atoms with Gasteiger partial charge in [0, 0.05) is 0 Å². The Morgan fingerprint density at radius 2 is 0.424 bits per heavy atom. The Bertz CT molecular complexity index is 1810. The van der Waals surface area contributed by atoms with Crippen molar-refractivity contribution in [3.63, 3.8) is 0 Å². The molecule has 3 heteroatoms. The van der Waals surface area contributed by atoms with Crippen molar-refractivity contribution >= 4 is 38.8 Å². The van der Waals surface area contributed by atoms with Crippen LogP contribution in [-0.2, 0) is 47.4 Å². The molecule has 0 fully saturated rings. The van der Waals surface area contributed by atoms with Crippen LogP contribution in [0.5, 0.6) is 0 Å². The summed E-state index contributed by atoms with van der Waals surface area (Å²) in [4.78, 5) is 0. The molecule has 0 N–H and O–H groups in total. The summed E-state index contributed by atoms with van der Waals surface area (Å²) in [5.41, 5.74) is 10.8. The summed E-state index contributed by atoms with van der Waals surface area (Å²) in [5.74, 6) is 0. The first kappa shape index (κ1) is 48.9. The molecule has 2 radical (unpaired) electrons. The lowest BCUT2D eigenvalue weighted by atomic mass is 9.80. The lowest BCUT2D eigenvalue weighted by Gasteiger charge is -2.37. The minimum atomic E-state index is -1.89. The van der Waals surface area contributed by atoms with Crippen molar-refractivity contribution in [1.29, 1.82) is 0 Å². The summed E-state index contributed by atoms with van der Waals surface area (Å²) in [7, 11) is -3.79. The van der Waals surface area contributed by atoms with Crippen molar-refractivity contribution in [3.8, 4) is 0 Å². The maximum absolute atomic E-state index is 8.44. The topological polar surface area (TPSA) is 9.23 Å². The monoisotopic (exact) mass is 829 g/mol. The molecule has 0 aliphatic heterocycles. The standard InChI is InChI=1S/C56H84OSi2/c1-49(2,3)37-25-29-45(41(33-37)53(13,14)15)58(46-30-26-38(50(4,5)6)34-42(46)54(16,17)18)57-59(47-31-27-39(51(7,8)9)35-43(47)55(19,20)21)48-32-28-40(52(10,11)12)36-44(48)56(22,23)24/h25-36H,1-24H3. The highest BCUT2D eigenvalue weighted by Gasteiger charge is 2.40. The van der Waals surface area contributed by atoms with Gasteiger partial charge in [0.25, 0.3) is 18.1 Å². The van der Waals surface area contributed by atoms with E-state index >= 15 is 0 Å². The third-order valence-electron chi connectivity index (χ3n) is 12.0. The van der Waals surface area contributed by atoms with Crippen LogP contribution in [0.3, 0.4) is 0 Å². The smallest absolute Gasteiger partial charge is 0.273 e. The van der Waals surface area contributed by atoms with E-state index in [1.54, 1.807) is 0 Å². The predicted octanol–water partition coefficient (Wildman–Crippen LogP) is 13.0. The van der Waals surface area contributed by atoms with Gasteiger partial charge in [-0.2, -0.15) is 0 Å². The number of benzene rings is 4. The molecule has 4 rings (SSSR count). The van der Waals surface area contributed by atoms with E-state index in [9.17, 15) is 0 Å². The van der Waals surface area contributed by atoms with Crippen LogP contribution >= 0.6 is 0 Å². The Morgan fingerprint density at radius 1 is 0.254 bits per heavy atom. The van der Waals surface area contributed by atoms with Crippen LogP contribution in [0.2, 0.25) is 0 Å². The van der Waals surface area contributed by atoms with Crippen LogP contribution in [-0.4, -0.2) is 18.1 Å². The first-order valence-corrected chi connectivity index (χ1v) is 25.2. The molecule has 0 amide bonds. The van der Waals surface area contributed by atoms with E-state index in [1.165, 1.54) is 65.3 Å². The zero-order valence-electron chi connectivity index (χ0n) is 42.3. The van der Waals surface area contributed by atoms with E-state index in [0.29, 0.717) is 0 Å². The highest BCUT2D eigenvalue weighted by atomic mass is 28.4. The van der Waals surface area contributed by atoms with Crippen LogP contribution in [0.1, 0.15) is 211 Å². The van der Waals surface area contributed by atoms with Crippen molar-refractivity contribution in [2.45, 2.75) is 209 Å². The highest BCUT2D eigenvalue weighted by molar-refractivity contribution is 6.92. The molecule has 0 aliphatic rings. The Morgan fingerprint density at radius 3 is 0.559 bits per heavy atom. The fourth-order valence-corrected chi connectivity index (χ4v) is 14.8. The van der Waals surface area contributed by atoms with E-state index in [-0.39, 0.29) is 43.3 Å². The first-order chi connectivity index (χ1) is 26.3.